The molecule has 0 aliphatic carbocycles. The summed E-state index contributed by atoms with van der Waals surface area (Å²) in [5.41, 5.74) is 1.25. The summed E-state index contributed by atoms with van der Waals surface area (Å²) in [6.07, 6.45) is 7.32. The van der Waals surface area contributed by atoms with E-state index in [4.69, 9.17) is 4.74 Å². The molecule has 3 rings (SSSR count). The zero-order valence-corrected chi connectivity index (χ0v) is 16.3. The van der Waals surface area contributed by atoms with Crippen LogP contribution in [0.5, 0.6) is 0 Å². The number of amides is 1. The predicted molar refractivity (Wildman–Crippen MR) is 101 cm³/mol. The van der Waals surface area contributed by atoms with Crippen molar-refractivity contribution in [2.24, 2.45) is 7.05 Å². The molecular weight excluding hydrogens is 330 g/mol. The number of morpholine rings is 1. The molecule has 0 N–H and O–H groups in total. The van der Waals surface area contributed by atoms with Crippen LogP contribution in [0.15, 0.2) is 12.4 Å². The van der Waals surface area contributed by atoms with E-state index < -0.39 is 0 Å². The minimum Gasteiger partial charge on any atom is -0.379 e. The minimum atomic E-state index is 0.209. The zero-order chi connectivity index (χ0) is 18.4. The summed E-state index contributed by atoms with van der Waals surface area (Å²) in [5.74, 6) is 0.209. The fourth-order valence-corrected chi connectivity index (χ4v) is 4.13. The summed E-state index contributed by atoms with van der Waals surface area (Å²) in [7, 11) is 1.95. The van der Waals surface area contributed by atoms with Crippen LogP contribution in [0.2, 0.25) is 0 Å². The second kappa shape index (κ2) is 9.48. The van der Waals surface area contributed by atoms with Crippen LogP contribution >= 0.6 is 0 Å². The Balaban J connectivity index is 1.48. The Morgan fingerprint density at radius 2 is 2.12 bits per heavy atom. The molecule has 0 spiro atoms. The maximum atomic E-state index is 12.3. The third-order valence-corrected chi connectivity index (χ3v) is 5.47. The molecule has 3 heterocycles. The van der Waals surface area contributed by atoms with E-state index >= 15 is 0 Å². The quantitative estimate of drug-likeness (QED) is 0.722. The molecule has 2 aliphatic rings. The second-order valence-electron chi connectivity index (χ2n) is 7.57. The molecule has 7 heteroatoms. The lowest BCUT2D eigenvalue weighted by Crippen LogP contribution is -2.50. The molecule has 1 unspecified atom stereocenters. The Hall–Kier alpha value is -1.44. The van der Waals surface area contributed by atoms with Crippen LogP contribution in [0.1, 0.15) is 31.7 Å². The number of piperidine rings is 1. The minimum absolute atomic E-state index is 0.209. The highest BCUT2D eigenvalue weighted by Crippen LogP contribution is 2.19. The fraction of sp³-hybridized carbons (Fsp3) is 0.789. The number of aryl methyl sites for hydroxylation is 1. The first-order valence-corrected chi connectivity index (χ1v) is 9.89. The van der Waals surface area contributed by atoms with Crippen molar-refractivity contribution in [3.63, 3.8) is 0 Å². The van der Waals surface area contributed by atoms with Gasteiger partial charge in [-0.05, 0) is 25.8 Å². The van der Waals surface area contributed by atoms with Gasteiger partial charge in [-0.2, -0.15) is 5.10 Å². The van der Waals surface area contributed by atoms with Crippen molar-refractivity contribution in [2.45, 2.75) is 38.8 Å². The van der Waals surface area contributed by atoms with Crippen molar-refractivity contribution in [1.29, 1.82) is 0 Å². The van der Waals surface area contributed by atoms with Crippen molar-refractivity contribution >= 4 is 5.91 Å². The fourth-order valence-electron chi connectivity index (χ4n) is 4.13. The topological polar surface area (TPSA) is 53.8 Å². The number of likely N-dealkylation sites (tertiary alicyclic amines) is 1. The molecule has 1 amide bonds. The van der Waals surface area contributed by atoms with Gasteiger partial charge >= 0.3 is 0 Å². The van der Waals surface area contributed by atoms with Gasteiger partial charge in [-0.1, -0.05) is 0 Å². The molecular formula is C19H33N5O2. The molecule has 1 aromatic heterocycles. The lowest BCUT2D eigenvalue weighted by Gasteiger charge is -2.39. The molecule has 2 aliphatic heterocycles. The summed E-state index contributed by atoms with van der Waals surface area (Å²) in [6.45, 7) is 10.3. The second-order valence-corrected chi connectivity index (χ2v) is 7.57. The molecule has 0 aromatic carbocycles. The van der Waals surface area contributed by atoms with Gasteiger partial charge in [-0.25, -0.2) is 0 Å². The molecule has 0 saturated carbocycles. The molecule has 7 nitrogen and oxygen atoms in total. The van der Waals surface area contributed by atoms with E-state index in [-0.39, 0.29) is 5.91 Å². The van der Waals surface area contributed by atoms with Gasteiger partial charge in [0.1, 0.15) is 0 Å². The molecule has 146 valence electrons. The van der Waals surface area contributed by atoms with Gasteiger partial charge in [-0.15, -0.1) is 0 Å². The number of carbonyl (C=O) groups is 1. The summed E-state index contributed by atoms with van der Waals surface area (Å²) in [6, 6.07) is 0.336. The Kier molecular flexibility index (Phi) is 7.05. The normalized spacial score (nSPS) is 22.5. The van der Waals surface area contributed by atoms with E-state index in [0.29, 0.717) is 6.04 Å². The molecule has 1 atom stereocenters. The SMILES string of the molecule is CC(=O)N(CCCN1CCOCC1)C1CCCN(Cc2cnn(C)c2)C1. The largest absolute Gasteiger partial charge is 0.379 e. The molecule has 0 bridgehead atoms. The van der Waals surface area contributed by atoms with Crippen LogP contribution in [-0.4, -0.2) is 88.9 Å². The predicted octanol–water partition coefficient (Wildman–Crippen LogP) is 0.955. The van der Waals surface area contributed by atoms with Crippen molar-refractivity contribution in [3.8, 4) is 0 Å². The van der Waals surface area contributed by atoms with Crippen LogP contribution in [0.4, 0.5) is 0 Å². The van der Waals surface area contributed by atoms with Crippen LogP contribution in [0.25, 0.3) is 0 Å². The van der Waals surface area contributed by atoms with E-state index in [1.54, 1.807) is 6.92 Å². The van der Waals surface area contributed by atoms with E-state index in [9.17, 15) is 4.79 Å². The van der Waals surface area contributed by atoms with Gasteiger partial charge in [0, 0.05) is 71.0 Å². The van der Waals surface area contributed by atoms with E-state index in [0.717, 1.165) is 78.3 Å². The van der Waals surface area contributed by atoms with Crippen LogP contribution in [0.3, 0.4) is 0 Å². The van der Waals surface area contributed by atoms with E-state index in [1.807, 2.05) is 17.9 Å². The number of hydrogen-bond acceptors (Lipinski definition) is 5. The van der Waals surface area contributed by atoms with E-state index in [1.165, 1.54) is 5.56 Å². The molecule has 26 heavy (non-hydrogen) atoms. The first-order chi connectivity index (χ1) is 12.6. The summed E-state index contributed by atoms with van der Waals surface area (Å²) in [4.78, 5) is 19.3. The highest BCUT2D eigenvalue weighted by molar-refractivity contribution is 5.73. The molecule has 0 radical (unpaired) electrons. The maximum Gasteiger partial charge on any atom is 0.219 e. The number of aromatic nitrogens is 2. The third kappa shape index (κ3) is 5.53. The zero-order valence-electron chi connectivity index (χ0n) is 16.3. The Morgan fingerprint density at radius 3 is 2.81 bits per heavy atom. The summed E-state index contributed by atoms with van der Waals surface area (Å²) >= 11 is 0. The highest BCUT2D eigenvalue weighted by Gasteiger charge is 2.27. The molecule has 1 aromatic rings. The Morgan fingerprint density at radius 1 is 1.31 bits per heavy atom. The first-order valence-electron chi connectivity index (χ1n) is 9.89. The number of ether oxygens (including phenoxy) is 1. The first kappa shape index (κ1) is 19.3. The average molecular weight is 364 g/mol. The van der Waals surface area contributed by atoms with E-state index in [2.05, 4.69) is 26.0 Å². The van der Waals surface area contributed by atoms with Crippen molar-refractivity contribution < 1.29 is 9.53 Å². The molecule has 2 saturated heterocycles. The third-order valence-electron chi connectivity index (χ3n) is 5.47. The standard InChI is InChI=1S/C19H33N5O2/c1-17(25)24(8-4-7-22-9-11-26-12-10-22)19-5-3-6-23(16-19)15-18-13-20-21(2)14-18/h13-14,19H,3-12,15-16H2,1-2H3. The highest BCUT2D eigenvalue weighted by atomic mass is 16.5. The number of nitrogens with zero attached hydrogens (tertiary/aromatic N) is 5. The lowest BCUT2D eigenvalue weighted by atomic mass is 10.0. The van der Waals surface area contributed by atoms with Gasteiger partial charge in [0.05, 0.1) is 19.4 Å². The van der Waals surface area contributed by atoms with Crippen LogP contribution in [-0.2, 0) is 23.1 Å². The Bertz CT molecular complexity index is 570. The van der Waals surface area contributed by atoms with Gasteiger partial charge in [-0.3, -0.25) is 19.3 Å². The lowest BCUT2D eigenvalue weighted by molar-refractivity contribution is -0.132. The van der Waals surface area contributed by atoms with Crippen molar-refractivity contribution in [3.05, 3.63) is 18.0 Å². The maximum absolute atomic E-state index is 12.3. The Labute approximate surface area is 156 Å². The average Bonchev–Trinajstić information content (AvgIpc) is 3.04. The van der Waals surface area contributed by atoms with Gasteiger partial charge < -0.3 is 9.64 Å². The number of carbonyl (C=O) groups excluding carboxylic acids is 1. The van der Waals surface area contributed by atoms with Crippen LogP contribution in [0, 0.1) is 0 Å². The van der Waals surface area contributed by atoms with Gasteiger partial charge in [0.2, 0.25) is 5.91 Å². The monoisotopic (exact) mass is 363 g/mol. The van der Waals surface area contributed by atoms with Crippen molar-refractivity contribution in [2.75, 3.05) is 52.5 Å². The summed E-state index contributed by atoms with van der Waals surface area (Å²) in [5, 5.41) is 4.26. The van der Waals surface area contributed by atoms with Gasteiger partial charge in [0.25, 0.3) is 0 Å². The summed E-state index contributed by atoms with van der Waals surface area (Å²) < 4.78 is 7.26. The molecule has 2 fully saturated rings. The van der Waals surface area contributed by atoms with Crippen LogP contribution < -0.4 is 0 Å². The number of hydrogen-bond donors (Lipinski definition) is 0. The van der Waals surface area contributed by atoms with Gasteiger partial charge in [0.15, 0.2) is 0 Å². The van der Waals surface area contributed by atoms with Crippen molar-refractivity contribution in [1.82, 2.24) is 24.5 Å². The number of rotatable bonds is 7. The smallest absolute Gasteiger partial charge is 0.219 e.